The lowest BCUT2D eigenvalue weighted by Gasteiger charge is -2.21. The lowest BCUT2D eigenvalue weighted by molar-refractivity contribution is -0.161. The van der Waals surface area contributed by atoms with Crippen LogP contribution >= 0.6 is 15.6 Å². The van der Waals surface area contributed by atoms with Crippen LogP contribution in [0.15, 0.2) is 0 Å². The molecule has 582 valence electrons. The Morgan fingerprint density at radius 1 is 0.286 bits per heavy atom. The molecule has 0 aromatic heterocycles. The predicted molar refractivity (Wildman–Crippen MR) is 400 cm³/mol. The number of carbonyl (C=O) groups is 4. The van der Waals surface area contributed by atoms with Crippen molar-refractivity contribution in [3.8, 4) is 0 Å². The van der Waals surface area contributed by atoms with Gasteiger partial charge in [-0.15, -0.1) is 0 Å². The maximum atomic E-state index is 13.1. The first-order valence-electron chi connectivity index (χ1n) is 41.2. The Labute approximate surface area is 600 Å². The molecule has 0 aliphatic carbocycles. The van der Waals surface area contributed by atoms with Gasteiger partial charge in [-0.1, -0.05) is 369 Å². The molecular weight excluding hydrogens is 1280 g/mol. The number of aliphatic hydroxyl groups excluding tert-OH is 1. The number of rotatable bonds is 79. The standard InChI is InChI=1S/C79H154O17P2/c1-6-10-13-16-19-22-24-25-26-27-28-29-30-31-32-33-38-41-45-50-55-60-65-79(84)96-75(69-90-77(82)63-58-53-48-44-40-37-35-34-36-39-42-46-51-56-61-72(5)9-4)71-94-98(87,88)92-67-73(80)66-91-97(85,86)93-70-74(68-89-76(81)62-57-52-47-21-18-15-12-8-3)95-78(83)64-59-54-49-43-23-20-17-14-11-7-2/h72-75,80H,6-71H2,1-5H3,(H,85,86)(H,87,88)/t72?,73-,74+,75+/m0/s1. The van der Waals surface area contributed by atoms with Gasteiger partial charge in [-0.2, -0.15) is 0 Å². The van der Waals surface area contributed by atoms with Crippen LogP contribution in [0.1, 0.15) is 420 Å². The highest BCUT2D eigenvalue weighted by Gasteiger charge is 2.30. The first kappa shape index (κ1) is 96.1. The summed E-state index contributed by atoms with van der Waals surface area (Å²) in [5.41, 5.74) is 0. The van der Waals surface area contributed by atoms with E-state index in [0.29, 0.717) is 25.7 Å². The number of phosphoric ester groups is 2. The molecule has 3 N–H and O–H groups in total. The minimum absolute atomic E-state index is 0.107. The van der Waals surface area contributed by atoms with Gasteiger partial charge in [0.2, 0.25) is 0 Å². The Balaban J connectivity index is 5.15. The van der Waals surface area contributed by atoms with E-state index >= 15 is 0 Å². The number of hydrogen-bond donors (Lipinski definition) is 3. The molecule has 6 atom stereocenters. The van der Waals surface area contributed by atoms with Crippen LogP contribution in [0.2, 0.25) is 0 Å². The van der Waals surface area contributed by atoms with Crippen molar-refractivity contribution < 1.29 is 80.2 Å². The normalized spacial score (nSPS) is 14.2. The van der Waals surface area contributed by atoms with E-state index in [-0.39, 0.29) is 25.7 Å². The molecule has 0 heterocycles. The quantitative estimate of drug-likeness (QED) is 0.0222. The average molecular weight is 1440 g/mol. The van der Waals surface area contributed by atoms with Crippen molar-refractivity contribution in [2.45, 2.75) is 438 Å². The van der Waals surface area contributed by atoms with Crippen molar-refractivity contribution in [2.75, 3.05) is 39.6 Å². The molecule has 0 aliphatic heterocycles. The van der Waals surface area contributed by atoms with Crippen molar-refractivity contribution >= 4 is 39.5 Å². The molecule has 3 unspecified atom stereocenters. The molecule has 0 saturated heterocycles. The van der Waals surface area contributed by atoms with E-state index < -0.39 is 97.5 Å². The number of ether oxygens (including phenoxy) is 4. The van der Waals surface area contributed by atoms with Gasteiger partial charge in [0.15, 0.2) is 12.2 Å². The number of hydrogen-bond acceptors (Lipinski definition) is 15. The van der Waals surface area contributed by atoms with Crippen LogP contribution in [0.5, 0.6) is 0 Å². The fourth-order valence-electron chi connectivity index (χ4n) is 12.2. The van der Waals surface area contributed by atoms with Crippen LogP contribution in [-0.2, 0) is 65.4 Å². The molecule has 0 radical (unpaired) electrons. The first-order chi connectivity index (χ1) is 47.6. The summed E-state index contributed by atoms with van der Waals surface area (Å²) in [6.07, 6.45) is 62.6. The summed E-state index contributed by atoms with van der Waals surface area (Å²) < 4.78 is 68.5. The lowest BCUT2D eigenvalue weighted by atomic mass is 9.99. The van der Waals surface area contributed by atoms with E-state index in [0.717, 1.165) is 102 Å². The second-order valence-electron chi connectivity index (χ2n) is 28.7. The molecule has 0 bridgehead atoms. The second kappa shape index (κ2) is 72.0. The molecule has 98 heavy (non-hydrogen) atoms. The van der Waals surface area contributed by atoms with E-state index in [4.69, 9.17) is 37.0 Å². The Morgan fingerprint density at radius 2 is 0.490 bits per heavy atom. The lowest BCUT2D eigenvalue weighted by Crippen LogP contribution is -2.30. The van der Waals surface area contributed by atoms with Crippen LogP contribution in [0.3, 0.4) is 0 Å². The molecule has 0 saturated carbocycles. The third kappa shape index (κ3) is 71.1. The monoisotopic (exact) mass is 1440 g/mol. The maximum Gasteiger partial charge on any atom is 0.472 e. The second-order valence-corrected chi connectivity index (χ2v) is 31.6. The number of unbranched alkanes of at least 4 members (excludes halogenated alkanes) is 50. The third-order valence-electron chi connectivity index (χ3n) is 18.9. The molecule has 19 heteroatoms. The third-order valence-corrected chi connectivity index (χ3v) is 20.8. The van der Waals surface area contributed by atoms with Gasteiger partial charge in [-0.25, -0.2) is 9.13 Å². The summed E-state index contributed by atoms with van der Waals surface area (Å²) in [4.78, 5) is 72.7. The molecular formula is C79H154O17P2. The number of aliphatic hydroxyl groups is 1. The largest absolute Gasteiger partial charge is 0.472 e. The highest BCUT2D eigenvalue weighted by atomic mass is 31.2. The summed E-state index contributed by atoms with van der Waals surface area (Å²) in [5.74, 6) is -1.26. The molecule has 17 nitrogen and oxygen atoms in total. The molecule has 0 fully saturated rings. The van der Waals surface area contributed by atoms with Gasteiger partial charge in [0, 0.05) is 25.7 Å². The van der Waals surface area contributed by atoms with Crippen LogP contribution in [0, 0.1) is 5.92 Å². The minimum atomic E-state index is -4.96. The van der Waals surface area contributed by atoms with Crippen LogP contribution in [0.4, 0.5) is 0 Å². The van der Waals surface area contributed by atoms with E-state index in [1.807, 2.05) is 0 Å². The van der Waals surface area contributed by atoms with Crippen molar-refractivity contribution in [3.63, 3.8) is 0 Å². The van der Waals surface area contributed by atoms with Gasteiger partial charge in [0.1, 0.15) is 19.3 Å². The molecule has 0 aromatic rings. The molecule has 0 amide bonds. The highest BCUT2D eigenvalue weighted by Crippen LogP contribution is 2.45. The predicted octanol–water partition coefficient (Wildman–Crippen LogP) is 23.6. The maximum absolute atomic E-state index is 13.1. The Kier molecular flexibility index (Phi) is 70.6. The van der Waals surface area contributed by atoms with Crippen molar-refractivity contribution in [1.29, 1.82) is 0 Å². The first-order valence-corrected chi connectivity index (χ1v) is 44.2. The Bertz CT molecular complexity index is 1880. The van der Waals surface area contributed by atoms with E-state index in [1.54, 1.807) is 0 Å². The minimum Gasteiger partial charge on any atom is -0.462 e. The summed E-state index contributed by atoms with van der Waals surface area (Å²) in [6.45, 7) is 7.32. The SMILES string of the molecule is CCCCCCCCCCCCCCCCCCCCCCCCC(=O)O[C@H](COC(=O)CCCCCCCCCCCCCCCCC(C)CC)COP(=O)(O)OC[C@@H](O)COP(=O)(O)OC[C@@H](COC(=O)CCCCCCCCCC)OC(=O)CCCCCCCCCCCC. The fraction of sp³-hybridized carbons (Fsp3) is 0.949. The Morgan fingerprint density at radius 3 is 0.724 bits per heavy atom. The summed E-state index contributed by atoms with van der Waals surface area (Å²) in [6, 6.07) is 0. The number of esters is 4. The van der Waals surface area contributed by atoms with Gasteiger partial charge in [0.25, 0.3) is 0 Å². The smallest absolute Gasteiger partial charge is 0.462 e. The van der Waals surface area contributed by atoms with Gasteiger partial charge in [-0.05, 0) is 31.6 Å². The zero-order chi connectivity index (χ0) is 71.9. The highest BCUT2D eigenvalue weighted by molar-refractivity contribution is 7.47. The van der Waals surface area contributed by atoms with Crippen LogP contribution in [-0.4, -0.2) is 96.7 Å². The zero-order valence-electron chi connectivity index (χ0n) is 63.9. The summed E-state index contributed by atoms with van der Waals surface area (Å²) in [5, 5.41) is 10.6. The van der Waals surface area contributed by atoms with Crippen molar-refractivity contribution in [2.24, 2.45) is 5.92 Å². The molecule has 0 spiro atoms. The molecule has 0 aromatic carbocycles. The zero-order valence-corrected chi connectivity index (χ0v) is 65.7. The van der Waals surface area contributed by atoms with E-state index in [9.17, 15) is 43.2 Å². The van der Waals surface area contributed by atoms with Gasteiger partial charge in [-0.3, -0.25) is 37.3 Å². The van der Waals surface area contributed by atoms with Gasteiger partial charge in [0.05, 0.1) is 26.4 Å². The molecule has 0 aliphatic rings. The van der Waals surface area contributed by atoms with Crippen LogP contribution < -0.4 is 0 Å². The van der Waals surface area contributed by atoms with E-state index in [2.05, 4.69) is 34.6 Å². The van der Waals surface area contributed by atoms with Gasteiger partial charge >= 0.3 is 39.5 Å². The fourth-order valence-corrected chi connectivity index (χ4v) is 13.8. The summed E-state index contributed by atoms with van der Waals surface area (Å²) >= 11 is 0. The van der Waals surface area contributed by atoms with Crippen molar-refractivity contribution in [1.82, 2.24) is 0 Å². The summed E-state index contributed by atoms with van der Waals surface area (Å²) in [7, 11) is -9.91. The van der Waals surface area contributed by atoms with Crippen molar-refractivity contribution in [3.05, 3.63) is 0 Å². The number of phosphoric acid groups is 2. The molecule has 0 rings (SSSR count). The van der Waals surface area contributed by atoms with Gasteiger partial charge < -0.3 is 33.8 Å². The number of carbonyl (C=O) groups excluding carboxylic acids is 4. The topological polar surface area (TPSA) is 237 Å². The van der Waals surface area contributed by atoms with E-state index in [1.165, 1.54) is 238 Å². The average Bonchev–Trinajstić information content (AvgIpc) is 1.15. The Hall–Kier alpha value is -1.94. The van der Waals surface area contributed by atoms with Crippen LogP contribution in [0.25, 0.3) is 0 Å².